The number of aryl methyl sites for hydroxylation is 1. The number of anilines is 1. The Morgan fingerprint density at radius 3 is 2.30 bits per heavy atom. The van der Waals surface area contributed by atoms with Gasteiger partial charge in [0.15, 0.2) is 0 Å². The van der Waals surface area contributed by atoms with Gasteiger partial charge in [0.25, 0.3) is 11.5 Å². The molecule has 0 saturated carbocycles. The largest absolute Gasteiger partial charge is 0.335 e. The fraction of sp³-hybridized carbons (Fsp3) is 0.0417. The summed E-state index contributed by atoms with van der Waals surface area (Å²) in [5.41, 5.74) is 4.29. The van der Waals surface area contributed by atoms with Crippen LogP contribution in [0.25, 0.3) is 16.8 Å². The quantitative estimate of drug-likeness (QED) is 0.436. The molecule has 33 heavy (non-hydrogen) atoms. The van der Waals surface area contributed by atoms with Gasteiger partial charge in [0.1, 0.15) is 10.8 Å². The smallest absolute Gasteiger partial charge is 0.317 e. The number of carbonyl (C=O) groups is 1. The van der Waals surface area contributed by atoms with Gasteiger partial charge < -0.3 is 5.32 Å². The minimum absolute atomic E-state index is 0.181. The Balaban J connectivity index is 0.000000968. The predicted octanol–water partition coefficient (Wildman–Crippen LogP) is 4.44. The fourth-order valence-electron chi connectivity index (χ4n) is 3.20. The van der Waals surface area contributed by atoms with Crippen LogP contribution in [0, 0.1) is 6.92 Å². The lowest BCUT2D eigenvalue weighted by Crippen LogP contribution is -2.24. The third-order valence-electron chi connectivity index (χ3n) is 4.79. The van der Waals surface area contributed by atoms with Crippen molar-refractivity contribution in [3.8, 4) is 16.8 Å². The number of pyridine rings is 2. The Bertz CT molecular complexity index is 1360. The summed E-state index contributed by atoms with van der Waals surface area (Å²) >= 11 is 5.00. The van der Waals surface area contributed by atoms with Crippen molar-refractivity contribution in [1.82, 2.24) is 9.55 Å². The Morgan fingerprint density at radius 2 is 1.67 bits per heavy atom. The highest BCUT2D eigenvalue weighted by atomic mass is 35.5. The molecule has 0 radical (unpaired) electrons. The first-order valence-corrected chi connectivity index (χ1v) is 10.7. The summed E-state index contributed by atoms with van der Waals surface area (Å²) in [7, 11) is 0. The average molecular weight is 480 g/mol. The Labute approximate surface area is 198 Å². The summed E-state index contributed by atoms with van der Waals surface area (Å²) in [5.74, 6) is -0.427. The van der Waals surface area contributed by atoms with Crippen molar-refractivity contribution in [2.75, 3.05) is 5.32 Å². The van der Waals surface area contributed by atoms with Crippen LogP contribution in [0.2, 0.25) is 5.15 Å². The SMILES string of the molecule is Cc1ccccc1-c1ccc(-n2cccc(NC(=O)c3ccc(Cl)nc3)c2=O)cc1.O=S=O. The maximum atomic E-state index is 12.9. The molecule has 1 N–H and O–H groups in total. The number of rotatable bonds is 4. The van der Waals surface area contributed by atoms with Gasteiger partial charge in [-0.3, -0.25) is 14.2 Å². The molecular weight excluding hydrogens is 462 g/mol. The number of halogens is 1. The molecule has 0 atom stereocenters. The van der Waals surface area contributed by atoms with E-state index in [1.807, 2.05) is 36.4 Å². The highest BCUT2D eigenvalue weighted by molar-refractivity contribution is 7.51. The molecule has 2 aromatic heterocycles. The molecule has 4 rings (SSSR count). The van der Waals surface area contributed by atoms with Crippen LogP contribution in [-0.2, 0) is 11.6 Å². The highest BCUT2D eigenvalue weighted by Gasteiger charge is 2.11. The zero-order valence-electron chi connectivity index (χ0n) is 17.4. The van der Waals surface area contributed by atoms with Crippen molar-refractivity contribution in [3.63, 3.8) is 0 Å². The summed E-state index contributed by atoms with van der Waals surface area (Å²) in [4.78, 5) is 29.2. The van der Waals surface area contributed by atoms with Crippen LogP contribution in [0.1, 0.15) is 15.9 Å². The number of benzene rings is 2. The Morgan fingerprint density at radius 1 is 0.970 bits per heavy atom. The lowest BCUT2D eigenvalue weighted by molar-refractivity contribution is 0.102. The molecule has 0 aliphatic rings. The van der Waals surface area contributed by atoms with Crippen molar-refractivity contribution < 1.29 is 13.2 Å². The van der Waals surface area contributed by atoms with E-state index in [9.17, 15) is 9.59 Å². The zero-order chi connectivity index (χ0) is 23.8. The topological polar surface area (TPSA) is 98.1 Å². The van der Waals surface area contributed by atoms with E-state index in [2.05, 4.69) is 29.4 Å². The standard InChI is InChI=1S/C24H18ClN3O2.O2S/c1-16-5-2-3-6-20(16)17-8-11-19(12-9-17)28-14-4-7-21(24(28)30)27-23(29)18-10-13-22(25)26-15-18;1-3-2/h2-15H,1H3,(H,27,29);. The molecule has 0 bridgehead atoms. The van der Waals surface area contributed by atoms with Gasteiger partial charge in [-0.2, -0.15) is 8.42 Å². The second kappa shape index (κ2) is 11.1. The molecule has 0 aliphatic carbocycles. The van der Waals surface area contributed by atoms with E-state index in [0.29, 0.717) is 16.4 Å². The normalized spacial score (nSPS) is 10.0. The monoisotopic (exact) mass is 479 g/mol. The summed E-state index contributed by atoms with van der Waals surface area (Å²) in [6.45, 7) is 2.07. The van der Waals surface area contributed by atoms with Crippen molar-refractivity contribution in [2.45, 2.75) is 6.92 Å². The van der Waals surface area contributed by atoms with Crippen molar-refractivity contribution >= 4 is 34.8 Å². The summed E-state index contributed by atoms with van der Waals surface area (Å²) in [6, 6.07) is 22.2. The van der Waals surface area contributed by atoms with Gasteiger partial charge in [0.2, 0.25) is 0 Å². The zero-order valence-corrected chi connectivity index (χ0v) is 19.0. The second-order valence-corrected chi connectivity index (χ2v) is 7.37. The van der Waals surface area contributed by atoms with Crippen LogP contribution in [0.3, 0.4) is 0 Å². The molecule has 0 aliphatic heterocycles. The fourth-order valence-corrected chi connectivity index (χ4v) is 3.31. The molecule has 0 spiro atoms. The van der Waals surface area contributed by atoms with E-state index < -0.39 is 17.5 Å². The number of nitrogens with one attached hydrogen (secondary N) is 1. The number of nitrogens with zero attached hydrogens (tertiary/aromatic N) is 2. The van der Waals surface area contributed by atoms with Crippen molar-refractivity contribution in [3.05, 3.63) is 112 Å². The number of hydrogen-bond donors (Lipinski definition) is 1. The van der Waals surface area contributed by atoms with Crippen LogP contribution < -0.4 is 10.9 Å². The second-order valence-electron chi connectivity index (χ2n) is 6.85. The average Bonchev–Trinajstić information content (AvgIpc) is 2.82. The minimum atomic E-state index is -0.750. The molecule has 2 aromatic carbocycles. The maximum absolute atomic E-state index is 12.9. The molecule has 7 nitrogen and oxygen atoms in total. The first-order chi connectivity index (χ1) is 15.9. The Kier molecular flexibility index (Phi) is 8.01. The van der Waals surface area contributed by atoms with E-state index >= 15 is 0 Å². The van der Waals surface area contributed by atoms with Gasteiger partial charge in [-0.1, -0.05) is 48.0 Å². The minimum Gasteiger partial charge on any atom is -0.317 e. The molecule has 4 aromatic rings. The maximum Gasteiger partial charge on any atom is 0.335 e. The van der Waals surface area contributed by atoms with Crippen LogP contribution in [0.5, 0.6) is 0 Å². The van der Waals surface area contributed by atoms with Gasteiger partial charge in [0.05, 0.1) is 5.56 Å². The molecule has 9 heteroatoms. The summed E-state index contributed by atoms with van der Waals surface area (Å²) in [5, 5.41) is 2.94. The summed E-state index contributed by atoms with van der Waals surface area (Å²) < 4.78 is 18.1. The van der Waals surface area contributed by atoms with E-state index in [0.717, 1.165) is 11.1 Å². The van der Waals surface area contributed by atoms with Gasteiger partial charge in [-0.25, -0.2) is 4.98 Å². The first-order valence-electron chi connectivity index (χ1n) is 9.67. The molecular formula is C24H18ClN3O4S. The van der Waals surface area contributed by atoms with Crippen molar-refractivity contribution in [1.29, 1.82) is 0 Å². The van der Waals surface area contributed by atoms with E-state index in [4.69, 9.17) is 20.0 Å². The molecule has 166 valence electrons. The van der Waals surface area contributed by atoms with Gasteiger partial charge in [-0.05, 0) is 60.0 Å². The van der Waals surface area contributed by atoms with Gasteiger partial charge >= 0.3 is 11.6 Å². The number of amides is 1. The summed E-state index contributed by atoms with van der Waals surface area (Å²) in [6.07, 6.45) is 3.04. The van der Waals surface area contributed by atoms with Crippen LogP contribution in [0.4, 0.5) is 5.69 Å². The number of hydrogen-bond acceptors (Lipinski definition) is 5. The van der Waals surface area contributed by atoms with Crippen LogP contribution >= 0.6 is 11.6 Å². The van der Waals surface area contributed by atoms with Crippen LogP contribution in [-0.4, -0.2) is 23.9 Å². The van der Waals surface area contributed by atoms with E-state index in [1.165, 1.54) is 22.4 Å². The van der Waals surface area contributed by atoms with Crippen LogP contribution in [0.15, 0.2) is 90.0 Å². The molecule has 0 fully saturated rings. The first kappa shape index (κ1) is 23.8. The van der Waals surface area contributed by atoms with Gasteiger partial charge in [-0.15, -0.1) is 0 Å². The lowest BCUT2D eigenvalue weighted by Gasteiger charge is -2.11. The third kappa shape index (κ3) is 5.88. The predicted molar refractivity (Wildman–Crippen MR) is 128 cm³/mol. The lowest BCUT2D eigenvalue weighted by atomic mass is 10.0. The number of aromatic nitrogens is 2. The molecule has 0 saturated heterocycles. The molecule has 2 heterocycles. The molecule has 0 unspecified atom stereocenters. The van der Waals surface area contributed by atoms with Crippen molar-refractivity contribution in [2.24, 2.45) is 0 Å². The van der Waals surface area contributed by atoms with E-state index in [-0.39, 0.29) is 11.2 Å². The van der Waals surface area contributed by atoms with Gasteiger partial charge in [0, 0.05) is 18.1 Å². The highest BCUT2D eigenvalue weighted by Crippen LogP contribution is 2.24. The Hall–Kier alpha value is -3.88. The van der Waals surface area contributed by atoms with E-state index in [1.54, 1.807) is 24.4 Å². The molecule has 1 amide bonds. The number of carbonyl (C=O) groups excluding carboxylic acids is 1. The third-order valence-corrected chi connectivity index (χ3v) is 5.01.